The monoisotopic (exact) mass is 221 g/mol. The lowest BCUT2D eigenvalue weighted by Crippen LogP contribution is -2.37. The zero-order chi connectivity index (χ0) is 10.9. The smallest absolute Gasteiger partial charge is 0.145 e. The van der Waals surface area contributed by atoms with E-state index < -0.39 is 28.8 Å². The minimum atomic E-state index is -1.17. The molecule has 78 valence electrons. The van der Waals surface area contributed by atoms with Gasteiger partial charge in [0.25, 0.3) is 0 Å². The van der Waals surface area contributed by atoms with Gasteiger partial charge in [-0.25, -0.2) is 8.78 Å². The molecule has 0 aliphatic carbocycles. The highest BCUT2D eigenvalue weighted by atomic mass is 35.5. The number of hydrogen-bond donors (Lipinski definition) is 2. The van der Waals surface area contributed by atoms with E-state index in [1.165, 1.54) is 6.92 Å². The summed E-state index contributed by atoms with van der Waals surface area (Å²) >= 11 is 5.29. The molecule has 0 fully saturated rings. The summed E-state index contributed by atoms with van der Waals surface area (Å²) in [6.07, 6.45) is 0. The SMILES string of the molecule is CC(N)(CO)c1cc(F)c(Cl)c(F)c1. The number of aliphatic hydroxyl groups excluding tert-OH is 1. The van der Waals surface area contributed by atoms with Crippen LogP contribution in [0, 0.1) is 11.6 Å². The van der Waals surface area contributed by atoms with Crippen molar-refractivity contribution in [2.75, 3.05) is 6.61 Å². The van der Waals surface area contributed by atoms with Crippen molar-refractivity contribution in [2.45, 2.75) is 12.5 Å². The molecule has 0 spiro atoms. The van der Waals surface area contributed by atoms with E-state index in [1.54, 1.807) is 0 Å². The third-order valence-electron chi connectivity index (χ3n) is 1.97. The van der Waals surface area contributed by atoms with E-state index in [0.29, 0.717) is 0 Å². The molecule has 1 aromatic rings. The van der Waals surface area contributed by atoms with Gasteiger partial charge < -0.3 is 10.8 Å². The summed E-state index contributed by atoms with van der Waals surface area (Å²) in [4.78, 5) is 0. The summed E-state index contributed by atoms with van der Waals surface area (Å²) in [7, 11) is 0. The molecule has 0 saturated carbocycles. The Morgan fingerprint density at radius 3 is 2.21 bits per heavy atom. The topological polar surface area (TPSA) is 46.2 Å². The van der Waals surface area contributed by atoms with Crippen molar-refractivity contribution in [3.63, 3.8) is 0 Å². The Bertz CT molecular complexity index is 332. The summed E-state index contributed by atoms with van der Waals surface area (Å²) in [5, 5.41) is 8.33. The fourth-order valence-corrected chi connectivity index (χ4v) is 1.09. The average Bonchev–Trinajstić information content (AvgIpc) is 2.13. The van der Waals surface area contributed by atoms with Gasteiger partial charge in [-0.3, -0.25) is 0 Å². The summed E-state index contributed by atoms with van der Waals surface area (Å²) in [5.41, 5.74) is 4.59. The maximum Gasteiger partial charge on any atom is 0.145 e. The maximum absolute atomic E-state index is 13.0. The van der Waals surface area contributed by atoms with Crippen molar-refractivity contribution in [1.82, 2.24) is 0 Å². The zero-order valence-corrected chi connectivity index (χ0v) is 8.28. The van der Waals surface area contributed by atoms with E-state index in [4.69, 9.17) is 22.4 Å². The Morgan fingerprint density at radius 1 is 1.43 bits per heavy atom. The summed E-state index contributed by atoms with van der Waals surface area (Å²) in [5.74, 6) is -1.77. The number of rotatable bonds is 2. The van der Waals surface area contributed by atoms with Crippen LogP contribution in [0.2, 0.25) is 5.02 Å². The van der Waals surface area contributed by atoms with Crippen molar-refractivity contribution in [2.24, 2.45) is 5.73 Å². The number of aliphatic hydroxyl groups is 1. The van der Waals surface area contributed by atoms with Gasteiger partial charge in [0, 0.05) is 0 Å². The van der Waals surface area contributed by atoms with E-state index >= 15 is 0 Å². The molecule has 1 aromatic carbocycles. The van der Waals surface area contributed by atoms with Crippen LogP contribution < -0.4 is 5.73 Å². The Labute approximate surface area is 85.3 Å². The van der Waals surface area contributed by atoms with Gasteiger partial charge in [-0.1, -0.05) is 11.6 Å². The fraction of sp³-hybridized carbons (Fsp3) is 0.333. The Hall–Kier alpha value is -0.710. The number of halogens is 3. The van der Waals surface area contributed by atoms with Crippen LogP contribution in [0.4, 0.5) is 8.78 Å². The second-order valence-electron chi connectivity index (χ2n) is 3.33. The van der Waals surface area contributed by atoms with Crippen LogP contribution in [0.1, 0.15) is 12.5 Å². The molecule has 0 aromatic heterocycles. The van der Waals surface area contributed by atoms with Crippen LogP contribution in [0.3, 0.4) is 0 Å². The molecule has 2 nitrogen and oxygen atoms in total. The van der Waals surface area contributed by atoms with Gasteiger partial charge in [0.05, 0.1) is 12.1 Å². The number of hydrogen-bond acceptors (Lipinski definition) is 2. The molecule has 1 rings (SSSR count). The van der Waals surface area contributed by atoms with Gasteiger partial charge in [-0.05, 0) is 24.6 Å². The highest BCUT2D eigenvalue weighted by molar-refractivity contribution is 6.30. The van der Waals surface area contributed by atoms with E-state index in [0.717, 1.165) is 12.1 Å². The molecule has 14 heavy (non-hydrogen) atoms. The van der Waals surface area contributed by atoms with Crippen LogP contribution in [0.25, 0.3) is 0 Å². The maximum atomic E-state index is 13.0. The number of nitrogens with two attached hydrogens (primary N) is 1. The second-order valence-corrected chi connectivity index (χ2v) is 3.71. The Balaban J connectivity index is 3.26. The lowest BCUT2D eigenvalue weighted by atomic mass is 9.94. The average molecular weight is 222 g/mol. The quantitative estimate of drug-likeness (QED) is 0.748. The summed E-state index contributed by atoms with van der Waals surface area (Å²) in [6, 6.07) is 2.03. The third-order valence-corrected chi connectivity index (χ3v) is 2.33. The van der Waals surface area contributed by atoms with Crippen molar-refractivity contribution >= 4 is 11.6 Å². The summed E-state index contributed by atoms with van der Waals surface area (Å²) < 4.78 is 26.0. The molecule has 1 unspecified atom stereocenters. The third kappa shape index (κ3) is 2.03. The molecule has 0 amide bonds. The largest absolute Gasteiger partial charge is 0.394 e. The van der Waals surface area contributed by atoms with Gasteiger partial charge in [-0.2, -0.15) is 0 Å². The van der Waals surface area contributed by atoms with Crippen molar-refractivity contribution in [1.29, 1.82) is 0 Å². The van der Waals surface area contributed by atoms with E-state index in [2.05, 4.69) is 0 Å². The minimum Gasteiger partial charge on any atom is -0.394 e. The predicted octanol–water partition coefficient (Wildman–Crippen LogP) is 1.78. The van der Waals surface area contributed by atoms with Crippen molar-refractivity contribution < 1.29 is 13.9 Å². The lowest BCUT2D eigenvalue weighted by molar-refractivity contribution is 0.209. The molecular weight excluding hydrogens is 212 g/mol. The Kier molecular flexibility index (Phi) is 3.09. The standard InChI is InChI=1S/C9H10ClF2NO/c1-9(13,4-14)5-2-6(11)8(10)7(12)3-5/h2-3,14H,4,13H2,1H3. The first-order valence-corrected chi connectivity index (χ1v) is 4.31. The first-order valence-electron chi connectivity index (χ1n) is 3.93. The van der Waals surface area contributed by atoms with Crippen molar-refractivity contribution in [3.05, 3.63) is 34.4 Å². The second kappa shape index (κ2) is 3.81. The van der Waals surface area contributed by atoms with Gasteiger partial charge in [-0.15, -0.1) is 0 Å². The number of benzene rings is 1. The molecule has 1 atom stereocenters. The first-order chi connectivity index (χ1) is 6.38. The van der Waals surface area contributed by atoms with Gasteiger partial charge in [0.15, 0.2) is 0 Å². The Morgan fingerprint density at radius 2 is 1.86 bits per heavy atom. The van der Waals surface area contributed by atoms with E-state index in [-0.39, 0.29) is 5.56 Å². The molecule has 3 N–H and O–H groups in total. The lowest BCUT2D eigenvalue weighted by Gasteiger charge is -2.22. The van der Waals surface area contributed by atoms with E-state index in [1.807, 2.05) is 0 Å². The normalized spacial score (nSPS) is 15.3. The van der Waals surface area contributed by atoms with Crippen LogP contribution in [-0.2, 0) is 5.54 Å². The molecule has 0 aliphatic rings. The zero-order valence-electron chi connectivity index (χ0n) is 7.52. The van der Waals surface area contributed by atoms with Gasteiger partial charge in [0.1, 0.15) is 16.7 Å². The van der Waals surface area contributed by atoms with Crippen LogP contribution in [0.5, 0.6) is 0 Å². The van der Waals surface area contributed by atoms with Gasteiger partial charge in [0.2, 0.25) is 0 Å². The van der Waals surface area contributed by atoms with Gasteiger partial charge >= 0.3 is 0 Å². The molecule has 0 aliphatic heterocycles. The minimum absolute atomic E-state index is 0.166. The van der Waals surface area contributed by atoms with Crippen molar-refractivity contribution in [3.8, 4) is 0 Å². The molecule has 5 heteroatoms. The highest BCUT2D eigenvalue weighted by Crippen LogP contribution is 2.25. The van der Waals surface area contributed by atoms with Crippen LogP contribution in [0.15, 0.2) is 12.1 Å². The molecular formula is C9H10ClF2NO. The highest BCUT2D eigenvalue weighted by Gasteiger charge is 2.23. The predicted molar refractivity (Wildman–Crippen MR) is 50.0 cm³/mol. The molecule has 0 heterocycles. The van der Waals surface area contributed by atoms with Crippen LogP contribution in [-0.4, -0.2) is 11.7 Å². The fourth-order valence-electron chi connectivity index (χ4n) is 0.977. The van der Waals surface area contributed by atoms with E-state index in [9.17, 15) is 8.78 Å². The molecule has 0 radical (unpaired) electrons. The first kappa shape index (κ1) is 11.4. The van der Waals surface area contributed by atoms with Crippen LogP contribution >= 0.6 is 11.6 Å². The molecule has 0 bridgehead atoms. The molecule has 0 saturated heterocycles. The summed E-state index contributed by atoms with van der Waals surface area (Å²) in [6.45, 7) is 1.06.